The van der Waals surface area contributed by atoms with Crippen LogP contribution in [-0.2, 0) is 0 Å². The Hall–Kier alpha value is -4.74. The lowest BCUT2D eigenvalue weighted by atomic mass is 9.62. The lowest BCUT2D eigenvalue weighted by molar-refractivity contribution is 0.227. The molecule has 0 amide bonds. The molecule has 1 unspecified atom stereocenters. The third-order valence-electron chi connectivity index (χ3n) is 8.67. The first-order chi connectivity index (χ1) is 20.1. The quantitative estimate of drug-likeness (QED) is 0.286. The molecular formula is C37H39N5. The molecule has 212 valence electrons. The molecule has 5 heteroatoms. The molecule has 2 aliphatic carbocycles. The molecule has 0 saturated heterocycles. The van der Waals surface area contributed by atoms with E-state index in [4.69, 9.17) is 0 Å². The predicted octanol–water partition coefficient (Wildman–Crippen LogP) is 8.78. The van der Waals surface area contributed by atoms with Crippen LogP contribution in [0.5, 0.6) is 0 Å². The SMILES string of the molecule is CN(C)c1ccc(N(c2ccc(C3=CC4=CC(=C(C#N)C#N)CC(C)(C)C4CC3)cc2)c2ccc(N(C)C)cc2)cc1. The van der Waals surface area contributed by atoms with Gasteiger partial charge in [-0.05, 0) is 114 Å². The fourth-order valence-corrected chi connectivity index (χ4v) is 6.32. The molecule has 0 aliphatic heterocycles. The molecule has 0 N–H and O–H groups in total. The second kappa shape index (κ2) is 11.6. The molecule has 5 rings (SSSR count). The largest absolute Gasteiger partial charge is 0.378 e. The van der Waals surface area contributed by atoms with Crippen molar-refractivity contribution in [3.05, 3.63) is 107 Å². The Morgan fingerprint density at radius 1 is 0.690 bits per heavy atom. The van der Waals surface area contributed by atoms with E-state index in [1.807, 2.05) is 0 Å². The fraction of sp³-hybridized carbons (Fsp3) is 0.297. The number of rotatable bonds is 6. The topological polar surface area (TPSA) is 57.3 Å². The van der Waals surface area contributed by atoms with Gasteiger partial charge in [-0.2, -0.15) is 10.5 Å². The first kappa shape index (κ1) is 28.8. The van der Waals surface area contributed by atoms with Gasteiger partial charge >= 0.3 is 0 Å². The molecule has 1 atom stereocenters. The van der Waals surface area contributed by atoms with Crippen molar-refractivity contribution in [2.75, 3.05) is 42.9 Å². The van der Waals surface area contributed by atoms with Crippen LogP contribution in [0.1, 0.15) is 38.7 Å². The van der Waals surface area contributed by atoms with Gasteiger partial charge in [-0.25, -0.2) is 0 Å². The van der Waals surface area contributed by atoms with Gasteiger partial charge in [-0.15, -0.1) is 0 Å². The predicted molar refractivity (Wildman–Crippen MR) is 175 cm³/mol. The molecule has 5 nitrogen and oxygen atoms in total. The normalized spacial score (nSPS) is 17.1. The lowest BCUT2D eigenvalue weighted by Crippen LogP contribution is -2.31. The van der Waals surface area contributed by atoms with Crippen molar-refractivity contribution in [2.45, 2.75) is 33.1 Å². The van der Waals surface area contributed by atoms with Gasteiger partial charge in [0, 0.05) is 56.6 Å². The molecule has 3 aromatic carbocycles. The maximum absolute atomic E-state index is 9.50. The van der Waals surface area contributed by atoms with Crippen molar-refractivity contribution in [3.63, 3.8) is 0 Å². The number of benzene rings is 3. The molecule has 0 aromatic heterocycles. The maximum Gasteiger partial charge on any atom is 0.132 e. The minimum absolute atomic E-state index is 0.00895. The fourth-order valence-electron chi connectivity index (χ4n) is 6.32. The van der Waals surface area contributed by atoms with E-state index in [0.717, 1.165) is 53.3 Å². The van der Waals surface area contributed by atoms with Crippen molar-refractivity contribution >= 4 is 34.0 Å². The van der Waals surface area contributed by atoms with Crippen LogP contribution < -0.4 is 14.7 Å². The Morgan fingerprint density at radius 3 is 1.60 bits per heavy atom. The monoisotopic (exact) mass is 553 g/mol. The first-order valence-electron chi connectivity index (χ1n) is 14.5. The number of hydrogen-bond donors (Lipinski definition) is 0. The average molecular weight is 554 g/mol. The molecule has 2 aliphatic rings. The van der Waals surface area contributed by atoms with Crippen LogP contribution >= 0.6 is 0 Å². The Labute approximate surface area is 250 Å². The maximum atomic E-state index is 9.50. The van der Waals surface area contributed by atoms with Crippen LogP contribution in [0, 0.1) is 34.0 Å². The van der Waals surface area contributed by atoms with E-state index in [2.05, 4.69) is 154 Å². The van der Waals surface area contributed by atoms with Gasteiger partial charge in [0.1, 0.15) is 17.7 Å². The molecular weight excluding hydrogens is 514 g/mol. The van der Waals surface area contributed by atoms with Gasteiger partial charge < -0.3 is 14.7 Å². The van der Waals surface area contributed by atoms with E-state index < -0.39 is 0 Å². The number of hydrogen-bond acceptors (Lipinski definition) is 5. The molecule has 0 heterocycles. The van der Waals surface area contributed by atoms with Gasteiger partial charge in [0.25, 0.3) is 0 Å². The third kappa shape index (κ3) is 5.69. The van der Waals surface area contributed by atoms with E-state index in [9.17, 15) is 10.5 Å². The highest BCUT2D eigenvalue weighted by Crippen LogP contribution is 2.50. The van der Waals surface area contributed by atoms with Crippen LogP contribution in [0.25, 0.3) is 5.57 Å². The summed E-state index contributed by atoms with van der Waals surface area (Å²) in [5.41, 5.74) is 10.5. The Balaban J connectivity index is 1.51. The van der Waals surface area contributed by atoms with Gasteiger partial charge in [0.2, 0.25) is 0 Å². The highest BCUT2D eigenvalue weighted by Gasteiger charge is 2.38. The Morgan fingerprint density at radius 2 is 1.14 bits per heavy atom. The minimum atomic E-state index is 0.00895. The molecule has 3 aromatic rings. The Bertz CT molecular complexity index is 1550. The van der Waals surface area contributed by atoms with Crippen molar-refractivity contribution in [1.29, 1.82) is 10.5 Å². The summed E-state index contributed by atoms with van der Waals surface area (Å²) >= 11 is 0. The number of allylic oxidation sites excluding steroid dienone is 6. The number of fused-ring (bicyclic) bond motifs is 1. The van der Waals surface area contributed by atoms with Crippen LogP contribution in [0.2, 0.25) is 0 Å². The van der Waals surface area contributed by atoms with Gasteiger partial charge in [0.05, 0.1) is 0 Å². The third-order valence-corrected chi connectivity index (χ3v) is 8.67. The molecule has 0 bridgehead atoms. The zero-order valence-electron chi connectivity index (χ0n) is 25.5. The van der Waals surface area contributed by atoms with E-state index in [1.165, 1.54) is 16.7 Å². The summed E-state index contributed by atoms with van der Waals surface area (Å²) in [7, 11) is 8.23. The summed E-state index contributed by atoms with van der Waals surface area (Å²) in [4.78, 5) is 6.52. The molecule has 0 saturated carbocycles. The lowest BCUT2D eigenvalue weighted by Gasteiger charge is -2.42. The van der Waals surface area contributed by atoms with Crippen molar-refractivity contribution in [3.8, 4) is 12.1 Å². The second-order valence-corrected chi connectivity index (χ2v) is 12.4. The van der Waals surface area contributed by atoms with Crippen LogP contribution in [0.3, 0.4) is 0 Å². The summed E-state index contributed by atoms with van der Waals surface area (Å²) in [6, 6.07) is 30.4. The van der Waals surface area contributed by atoms with Crippen LogP contribution in [-0.4, -0.2) is 28.2 Å². The highest BCUT2D eigenvalue weighted by molar-refractivity contribution is 5.80. The summed E-state index contributed by atoms with van der Waals surface area (Å²) in [6.07, 6.45) is 7.23. The summed E-state index contributed by atoms with van der Waals surface area (Å²) in [5, 5.41) is 19.0. The molecule has 42 heavy (non-hydrogen) atoms. The highest BCUT2D eigenvalue weighted by atomic mass is 15.1. The van der Waals surface area contributed by atoms with E-state index >= 15 is 0 Å². The first-order valence-corrected chi connectivity index (χ1v) is 14.5. The summed E-state index contributed by atoms with van der Waals surface area (Å²) in [5.74, 6) is 0.425. The zero-order chi connectivity index (χ0) is 30.0. The molecule has 0 fully saturated rings. The number of anilines is 5. The van der Waals surface area contributed by atoms with Crippen molar-refractivity contribution < 1.29 is 0 Å². The summed E-state index contributed by atoms with van der Waals surface area (Å²) < 4.78 is 0. The van der Waals surface area contributed by atoms with Crippen LogP contribution in [0.15, 0.2) is 102 Å². The second-order valence-electron chi connectivity index (χ2n) is 12.4. The smallest absolute Gasteiger partial charge is 0.132 e. The van der Waals surface area contributed by atoms with Gasteiger partial charge in [0.15, 0.2) is 0 Å². The van der Waals surface area contributed by atoms with Crippen molar-refractivity contribution in [1.82, 2.24) is 0 Å². The summed E-state index contributed by atoms with van der Waals surface area (Å²) in [6.45, 7) is 4.52. The van der Waals surface area contributed by atoms with Crippen molar-refractivity contribution in [2.24, 2.45) is 11.3 Å². The minimum Gasteiger partial charge on any atom is -0.378 e. The average Bonchev–Trinajstić information content (AvgIpc) is 2.98. The molecule has 0 radical (unpaired) electrons. The van der Waals surface area contributed by atoms with E-state index in [1.54, 1.807) is 0 Å². The zero-order valence-corrected chi connectivity index (χ0v) is 25.5. The van der Waals surface area contributed by atoms with Gasteiger partial charge in [-0.1, -0.05) is 38.1 Å². The van der Waals surface area contributed by atoms with E-state index in [-0.39, 0.29) is 11.0 Å². The van der Waals surface area contributed by atoms with E-state index in [0.29, 0.717) is 5.92 Å². The van der Waals surface area contributed by atoms with Crippen LogP contribution in [0.4, 0.5) is 28.4 Å². The number of nitrogens with zero attached hydrogens (tertiary/aromatic N) is 5. The number of nitriles is 2. The van der Waals surface area contributed by atoms with Gasteiger partial charge in [-0.3, -0.25) is 0 Å². The Kier molecular flexibility index (Phi) is 7.97. The standard InChI is InChI=1S/C37H39N5/c1-37(2)23-29(30(24-38)25-39)22-28-21-27(9-20-36(28)37)26-7-10-33(11-8-26)42(34-16-12-31(13-17-34)40(3)4)35-18-14-32(15-19-35)41(5)6/h7-8,10-19,21-22,36H,9,20,23H2,1-6H3. The molecule has 0 spiro atoms.